The van der Waals surface area contributed by atoms with Gasteiger partial charge in [-0.2, -0.15) is 0 Å². The minimum Gasteiger partial charge on any atom is -0.465 e. The summed E-state index contributed by atoms with van der Waals surface area (Å²) in [4.78, 5) is 11.4. The van der Waals surface area contributed by atoms with Gasteiger partial charge in [0.15, 0.2) is 0 Å². The van der Waals surface area contributed by atoms with Gasteiger partial charge in [-0.15, -0.1) is 0 Å². The van der Waals surface area contributed by atoms with E-state index >= 15 is 0 Å². The molecule has 13 heavy (non-hydrogen) atoms. The first-order valence-electron chi connectivity index (χ1n) is 4.68. The quantitative estimate of drug-likeness (QED) is 0.666. The summed E-state index contributed by atoms with van der Waals surface area (Å²) in [6.45, 7) is 8.02. The molecule has 0 atom stereocenters. The lowest BCUT2D eigenvalue weighted by Gasteiger charge is -2.21. The SMILES string of the molecule is CC(C)COC(=O)C(C)(C)CCO. The topological polar surface area (TPSA) is 46.5 Å². The summed E-state index contributed by atoms with van der Waals surface area (Å²) < 4.78 is 5.07. The Labute approximate surface area is 80.1 Å². The summed E-state index contributed by atoms with van der Waals surface area (Å²) in [6, 6.07) is 0. The van der Waals surface area contributed by atoms with Crippen LogP contribution in [0.25, 0.3) is 0 Å². The van der Waals surface area contributed by atoms with E-state index < -0.39 is 5.41 Å². The van der Waals surface area contributed by atoms with Gasteiger partial charge in [0.2, 0.25) is 0 Å². The van der Waals surface area contributed by atoms with Gasteiger partial charge < -0.3 is 9.84 Å². The van der Waals surface area contributed by atoms with E-state index in [1.54, 1.807) is 13.8 Å². The number of carbonyl (C=O) groups is 1. The number of rotatable bonds is 5. The molecule has 0 amide bonds. The summed E-state index contributed by atoms with van der Waals surface area (Å²) in [5.74, 6) is 0.129. The smallest absolute Gasteiger partial charge is 0.311 e. The van der Waals surface area contributed by atoms with Gasteiger partial charge in [0.25, 0.3) is 0 Å². The fourth-order valence-corrected chi connectivity index (χ4v) is 0.819. The van der Waals surface area contributed by atoms with Crippen molar-refractivity contribution in [2.75, 3.05) is 13.2 Å². The fourth-order valence-electron chi connectivity index (χ4n) is 0.819. The Morgan fingerprint density at radius 3 is 2.38 bits per heavy atom. The highest BCUT2D eigenvalue weighted by molar-refractivity contribution is 5.75. The van der Waals surface area contributed by atoms with Crippen molar-refractivity contribution in [2.24, 2.45) is 11.3 Å². The van der Waals surface area contributed by atoms with Gasteiger partial charge in [0.05, 0.1) is 12.0 Å². The Kier molecular flexibility index (Phi) is 4.99. The van der Waals surface area contributed by atoms with Gasteiger partial charge in [-0.05, 0) is 26.2 Å². The lowest BCUT2D eigenvalue weighted by Crippen LogP contribution is -2.28. The van der Waals surface area contributed by atoms with Gasteiger partial charge in [-0.25, -0.2) is 0 Å². The molecule has 0 aromatic rings. The molecule has 0 spiro atoms. The second-order valence-electron chi connectivity index (χ2n) is 4.35. The van der Waals surface area contributed by atoms with E-state index in [-0.39, 0.29) is 12.6 Å². The van der Waals surface area contributed by atoms with Crippen LogP contribution in [0.3, 0.4) is 0 Å². The van der Waals surface area contributed by atoms with Crippen molar-refractivity contribution < 1.29 is 14.6 Å². The summed E-state index contributed by atoms with van der Waals surface area (Å²) in [7, 11) is 0. The molecular formula is C10H20O3. The maximum absolute atomic E-state index is 11.4. The second-order valence-corrected chi connectivity index (χ2v) is 4.35. The first kappa shape index (κ1) is 12.4. The van der Waals surface area contributed by atoms with Crippen LogP contribution in [0.4, 0.5) is 0 Å². The molecule has 0 saturated carbocycles. The molecular weight excluding hydrogens is 168 g/mol. The van der Waals surface area contributed by atoms with Crippen molar-refractivity contribution >= 4 is 5.97 Å². The fraction of sp³-hybridized carbons (Fsp3) is 0.900. The van der Waals surface area contributed by atoms with Crippen molar-refractivity contribution in [3.05, 3.63) is 0 Å². The summed E-state index contributed by atoms with van der Waals surface area (Å²) in [5.41, 5.74) is -0.566. The van der Waals surface area contributed by atoms with Gasteiger partial charge in [-0.1, -0.05) is 13.8 Å². The molecule has 0 aromatic carbocycles. The Hall–Kier alpha value is -0.570. The van der Waals surface area contributed by atoms with E-state index in [1.165, 1.54) is 0 Å². The highest BCUT2D eigenvalue weighted by Gasteiger charge is 2.28. The lowest BCUT2D eigenvalue weighted by molar-refractivity contribution is -0.155. The molecule has 0 aliphatic heterocycles. The third kappa shape index (κ3) is 4.88. The molecule has 78 valence electrons. The standard InChI is InChI=1S/C10H20O3/c1-8(2)7-13-9(12)10(3,4)5-6-11/h8,11H,5-7H2,1-4H3. The van der Waals surface area contributed by atoms with Crippen LogP contribution in [0.5, 0.6) is 0 Å². The van der Waals surface area contributed by atoms with Crippen LogP contribution >= 0.6 is 0 Å². The van der Waals surface area contributed by atoms with Crippen molar-refractivity contribution in [3.63, 3.8) is 0 Å². The highest BCUT2D eigenvalue weighted by atomic mass is 16.5. The molecule has 3 nitrogen and oxygen atoms in total. The Morgan fingerprint density at radius 2 is 2.00 bits per heavy atom. The zero-order chi connectivity index (χ0) is 10.5. The molecule has 0 radical (unpaired) electrons. The van der Waals surface area contributed by atoms with Crippen molar-refractivity contribution in [1.82, 2.24) is 0 Å². The highest BCUT2D eigenvalue weighted by Crippen LogP contribution is 2.21. The van der Waals surface area contributed by atoms with Crippen LogP contribution in [-0.2, 0) is 9.53 Å². The van der Waals surface area contributed by atoms with Crippen molar-refractivity contribution in [2.45, 2.75) is 34.1 Å². The minimum absolute atomic E-state index is 0.0176. The van der Waals surface area contributed by atoms with Gasteiger partial charge in [0, 0.05) is 6.61 Å². The first-order chi connectivity index (χ1) is 5.90. The first-order valence-corrected chi connectivity index (χ1v) is 4.68. The number of aliphatic hydroxyl groups excluding tert-OH is 1. The monoisotopic (exact) mass is 188 g/mol. The lowest BCUT2D eigenvalue weighted by atomic mass is 9.90. The third-order valence-electron chi connectivity index (χ3n) is 1.84. The Morgan fingerprint density at radius 1 is 1.46 bits per heavy atom. The predicted octanol–water partition coefficient (Wildman–Crippen LogP) is 1.59. The molecule has 0 fully saturated rings. The van der Waals surface area contributed by atoms with Crippen molar-refractivity contribution in [1.29, 1.82) is 0 Å². The van der Waals surface area contributed by atoms with E-state index in [2.05, 4.69) is 0 Å². The second kappa shape index (κ2) is 5.22. The molecule has 0 aromatic heterocycles. The van der Waals surface area contributed by atoms with E-state index in [1.807, 2.05) is 13.8 Å². The number of hydrogen-bond donors (Lipinski definition) is 1. The van der Waals surface area contributed by atoms with Gasteiger partial charge >= 0.3 is 5.97 Å². The average molecular weight is 188 g/mol. The maximum atomic E-state index is 11.4. The molecule has 0 aliphatic carbocycles. The van der Waals surface area contributed by atoms with E-state index in [0.717, 1.165) is 0 Å². The summed E-state index contributed by atoms with van der Waals surface area (Å²) in [5, 5.41) is 8.72. The molecule has 0 aliphatic rings. The summed E-state index contributed by atoms with van der Waals surface area (Å²) in [6.07, 6.45) is 0.448. The van der Waals surface area contributed by atoms with Crippen molar-refractivity contribution in [3.8, 4) is 0 Å². The molecule has 1 N–H and O–H groups in total. The third-order valence-corrected chi connectivity index (χ3v) is 1.84. The maximum Gasteiger partial charge on any atom is 0.311 e. The average Bonchev–Trinajstić information content (AvgIpc) is 1.99. The van der Waals surface area contributed by atoms with Crippen LogP contribution in [0.2, 0.25) is 0 Å². The number of hydrogen-bond acceptors (Lipinski definition) is 3. The number of carbonyl (C=O) groups excluding carboxylic acids is 1. The molecule has 0 rings (SSSR count). The molecule has 3 heteroatoms. The normalized spacial score (nSPS) is 11.8. The Balaban J connectivity index is 3.94. The van der Waals surface area contributed by atoms with E-state index in [4.69, 9.17) is 9.84 Å². The van der Waals surface area contributed by atoms with Gasteiger partial charge in [-0.3, -0.25) is 4.79 Å². The number of aliphatic hydroxyl groups is 1. The van der Waals surface area contributed by atoms with Crippen LogP contribution in [0, 0.1) is 11.3 Å². The van der Waals surface area contributed by atoms with Gasteiger partial charge in [0.1, 0.15) is 0 Å². The summed E-state index contributed by atoms with van der Waals surface area (Å²) >= 11 is 0. The molecule has 0 unspecified atom stereocenters. The Bertz CT molecular complexity index is 162. The van der Waals surface area contributed by atoms with E-state index in [9.17, 15) is 4.79 Å². The number of ether oxygens (including phenoxy) is 1. The molecule has 0 saturated heterocycles. The number of esters is 1. The minimum atomic E-state index is -0.566. The zero-order valence-electron chi connectivity index (χ0n) is 8.96. The molecule has 0 bridgehead atoms. The molecule has 0 heterocycles. The van der Waals surface area contributed by atoms with Crippen LogP contribution < -0.4 is 0 Å². The largest absolute Gasteiger partial charge is 0.465 e. The van der Waals surface area contributed by atoms with Crippen LogP contribution in [0.1, 0.15) is 34.1 Å². The van der Waals surface area contributed by atoms with E-state index in [0.29, 0.717) is 18.9 Å². The predicted molar refractivity (Wildman–Crippen MR) is 51.3 cm³/mol. The zero-order valence-corrected chi connectivity index (χ0v) is 8.96. The van der Waals surface area contributed by atoms with Crippen LogP contribution in [-0.4, -0.2) is 24.3 Å². The van der Waals surface area contributed by atoms with Crippen LogP contribution in [0.15, 0.2) is 0 Å².